The predicted molar refractivity (Wildman–Crippen MR) is 96.2 cm³/mol. The van der Waals surface area contributed by atoms with Crippen molar-refractivity contribution in [2.75, 3.05) is 23.3 Å². The minimum absolute atomic E-state index is 0.0159. The fourth-order valence-electron chi connectivity index (χ4n) is 3.06. The Morgan fingerprint density at radius 2 is 1.76 bits per heavy atom. The van der Waals surface area contributed by atoms with Crippen molar-refractivity contribution in [2.45, 2.75) is 26.7 Å². The highest BCUT2D eigenvalue weighted by Crippen LogP contribution is 2.22. The number of piperidine rings is 1. The maximum atomic E-state index is 12.4. The first-order valence-corrected chi connectivity index (χ1v) is 8.43. The van der Waals surface area contributed by atoms with Crippen LogP contribution in [0.3, 0.4) is 0 Å². The van der Waals surface area contributed by atoms with Crippen LogP contribution in [-0.4, -0.2) is 29.0 Å². The first kappa shape index (κ1) is 16.9. The lowest BCUT2D eigenvalue weighted by atomic mass is 9.96. The molecular weight excluding hydrogens is 314 g/mol. The summed E-state index contributed by atoms with van der Waals surface area (Å²) in [5.41, 5.74) is 3.23. The van der Waals surface area contributed by atoms with Crippen LogP contribution in [0.15, 0.2) is 30.3 Å². The summed E-state index contributed by atoms with van der Waals surface area (Å²) in [6, 6.07) is 11.0. The predicted octanol–water partition coefficient (Wildman–Crippen LogP) is 2.82. The van der Waals surface area contributed by atoms with Crippen LogP contribution in [0.1, 0.15) is 29.8 Å². The van der Waals surface area contributed by atoms with E-state index >= 15 is 0 Å². The van der Waals surface area contributed by atoms with Crippen LogP contribution in [-0.2, 0) is 4.79 Å². The first-order chi connectivity index (χ1) is 12.0. The highest BCUT2D eigenvalue weighted by atomic mass is 16.1. The SMILES string of the molecule is Cc1cc(C)nc(N2CCC(C(=O)Nc3ccc(C#N)cc3)CC2)n1. The normalized spacial score (nSPS) is 14.8. The van der Waals surface area contributed by atoms with E-state index in [4.69, 9.17) is 5.26 Å². The molecule has 0 atom stereocenters. The van der Waals surface area contributed by atoms with E-state index in [1.807, 2.05) is 19.9 Å². The number of hydrogen-bond donors (Lipinski definition) is 1. The van der Waals surface area contributed by atoms with Gasteiger partial charge in [0.05, 0.1) is 11.6 Å². The molecule has 1 fully saturated rings. The van der Waals surface area contributed by atoms with E-state index in [1.165, 1.54) is 0 Å². The van der Waals surface area contributed by atoms with Gasteiger partial charge in [-0.3, -0.25) is 4.79 Å². The van der Waals surface area contributed by atoms with Crippen molar-refractivity contribution in [1.82, 2.24) is 9.97 Å². The summed E-state index contributed by atoms with van der Waals surface area (Å²) < 4.78 is 0. The number of amides is 1. The van der Waals surface area contributed by atoms with E-state index < -0.39 is 0 Å². The summed E-state index contributed by atoms with van der Waals surface area (Å²) in [6.07, 6.45) is 1.55. The van der Waals surface area contributed by atoms with Gasteiger partial charge in [-0.15, -0.1) is 0 Å². The molecule has 128 valence electrons. The highest BCUT2D eigenvalue weighted by molar-refractivity contribution is 5.92. The lowest BCUT2D eigenvalue weighted by Gasteiger charge is -2.31. The minimum Gasteiger partial charge on any atom is -0.341 e. The molecule has 0 bridgehead atoms. The van der Waals surface area contributed by atoms with E-state index in [2.05, 4.69) is 26.3 Å². The van der Waals surface area contributed by atoms with E-state index in [9.17, 15) is 4.79 Å². The van der Waals surface area contributed by atoms with Gasteiger partial charge < -0.3 is 10.2 Å². The number of aryl methyl sites for hydroxylation is 2. The molecule has 25 heavy (non-hydrogen) atoms. The van der Waals surface area contributed by atoms with Crippen LogP contribution in [0.2, 0.25) is 0 Å². The second-order valence-electron chi connectivity index (χ2n) is 6.39. The van der Waals surface area contributed by atoms with Gasteiger partial charge in [-0.25, -0.2) is 9.97 Å². The molecule has 0 unspecified atom stereocenters. The van der Waals surface area contributed by atoms with Crippen LogP contribution in [0.5, 0.6) is 0 Å². The van der Waals surface area contributed by atoms with Gasteiger partial charge in [0.15, 0.2) is 0 Å². The molecule has 1 aromatic heterocycles. The number of benzene rings is 1. The van der Waals surface area contributed by atoms with E-state index in [-0.39, 0.29) is 11.8 Å². The van der Waals surface area contributed by atoms with Gasteiger partial charge in [0.2, 0.25) is 11.9 Å². The van der Waals surface area contributed by atoms with Gasteiger partial charge in [0.1, 0.15) is 0 Å². The molecule has 2 aromatic rings. The Kier molecular flexibility index (Phi) is 4.94. The number of nitrogens with zero attached hydrogens (tertiary/aromatic N) is 4. The number of nitriles is 1. The van der Waals surface area contributed by atoms with Crippen molar-refractivity contribution >= 4 is 17.5 Å². The van der Waals surface area contributed by atoms with Gasteiger partial charge in [-0.05, 0) is 57.0 Å². The molecule has 6 heteroatoms. The Bertz CT molecular complexity index is 781. The number of carbonyl (C=O) groups excluding carboxylic acids is 1. The Morgan fingerprint density at radius 1 is 1.16 bits per heavy atom. The lowest BCUT2D eigenvalue weighted by Crippen LogP contribution is -2.39. The maximum Gasteiger partial charge on any atom is 0.227 e. The van der Waals surface area contributed by atoms with Gasteiger partial charge >= 0.3 is 0 Å². The summed E-state index contributed by atoms with van der Waals surface area (Å²) in [5.74, 6) is 0.770. The molecule has 0 aliphatic carbocycles. The summed E-state index contributed by atoms with van der Waals surface area (Å²) in [7, 11) is 0. The zero-order valence-corrected chi connectivity index (χ0v) is 14.5. The number of anilines is 2. The summed E-state index contributed by atoms with van der Waals surface area (Å²) in [4.78, 5) is 23.6. The quantitative estimate of drug-likeness (QED) is 0.932. The first-order valence-electron chi connectivity index (χ1n) is 8.43. The molecule has 1 aliphatic heterocycles. The molecule has 0 spiro atoms. The van der Waals surface area contributed by atoms with Crippen LogP contribution in [0, 0.1) is 31.1 Å². The molecule has 3 rings (SSSR count). The van der Waals surface area contributed by atoms with Gasteiger partial charge in [0.25, 0.3) is 0 Å². The fraction of sp³-hybridized carbons (Fsp3) is 0.368. The average Bonchev–Trinajstić information content (AvgIpc) is 2.61. The summed E-state index contributed by atoms with van der Waals surface area (Å²) in [6.45, 7) is 5.48. The molecule has 2 heterocycles. The van der Waals surface area contributed by atoms with Crippen molar-refractivity contribution in [3.8, 4) is 6.07 Å². The number of hydrogen-bond acceptors (Lipinski definition) is 5. The number of rotatable bonds is 3. The molecule has 6 nitrogen and oxygen atoms in total. The van der Waals surface area contributed by atoms with Crippen molar-refractivity contribution in [2.24, 2.45) is 5.92 Å². The second-order valence-corrected chi connectivity index (χ2v) is 6.39. The van der Waals surface area contributed by atoms with Crippen molar-refractivity contribution in [1.29, 1.82) is 5.26 Å². The standard InChI is InChI=1S/C19H21N5O/c1-13-11-14(2)22-19(21-13)24-9-7-16(8-10-24)18(25)23-17-5-3-15(12-20)4-6-17/h3-6,11,16H,7-10H2,1-2H3,(H,23,25). The summed E-state index contributed by atoms with van der Waals surface area (Å²) >= 11 is 0. The molecular formula is C19H21N5O. The highest BCUT2D eigenvalue weighted by Gasteiger charge is 2.26. The summed E-state index contributed by atoms with van der Waals surface area (Å²) in [5, 5.41) is 11.8. The van der Waals surface area contributed by atoms with Gasteiger partial charge in [0, 0.05) is 36.1 Å². The zero-order valence-electron chi connectivity index (χ0n) is 14.5. The average molecular weight is 335 g/mol. The van der Waals surface area contributed by atoms with Crippen LogP contribution < -0.4 is 10.2 Å². The fourth-order valence-corrected chi connectivity index (χ4v) is 3.06. The van der Waals surface area contributed by atoms with Crippen LogP contribution in [0.25, 0.3) is 0 Å². The van der Waals surface area contributed by atoms with Crippen molar-refractivity contribution in [3.05, 3.63) is 47.3 Å². The topological polar surface area (TPSA) is 81.9 Å². The number of carbonyl (C=O) groups is 1. The molecule has 1 amide bonds. The third-order valence-electron chi connectivity index (χ3n) is 4.40. The third-order valence-corrected chi connectivity index (χ3v) is 4.40. The van der Waals surface area contributed by atoms with E-state index in [0.717, 1.165) is 49.0 Å². The Balaban J connectivity index is 1.57. The molecule has 1 N–H and O–H groups in total. The van der Waals surface area contributed by atoms with Crippen LogP contribution >= 0.6 is 0 Å². The minimum atomic E-state index is -0.0159. The van der Waals surface area contributed by atoms with Crippen molar-refractivity contribution in [3.63, 3.8) is 0 Å². The lowest BCUT2D eigenvalue weighted by molar-refractivity contribution is -0.120. The zero-order chi connectivity index (χ0) is 17.8. The Labute approximate surface area is 147 Å². The largest absolute Gasteiger partial charge is 0.341 e. The third kappa shape index (κ3) is 4.13. The Hall–Kier alpha value is -2.94. The van der Waals surface area contributed by atoms with Gasteiger partial charge in [-0.1, -0.05) is 0 Å². The Morgan fingerprint density at radius 3 is 2.32 bits per heavy atom. The van der Waals surface area contributed by atoms with Gasteiger partial charge in [-0.2, -0.15) is 5.26 Å². The van der Waals surface area contributed by atoms with E-state index in [1.54, 1.807) is 24.3 Å². The molecule has 1 saturated heterocycles. The maximum absolute atomic E-state index is 12.4. The smallest absolute Gasteiger partial charge is 0.227 e. The molecule has 0 radical (unpaired) electrons. The number of nitrogens with one attached hydrogen (secondary N) is 1. The molecule has 0 saturated carbocycles. The monoisotopic (exact) mass is 335 g/mol. The molecule has 1 aromatic carbocycles. The molecule has 1 aliphatic rings. The van der Waals surface area contributed by atoms with E-state index in [0.29, 0.717) is 5.56 Å². The second kappa shape index (κ2) is 7.31. The number of aromatic nitrogens is 2. The van der Waals surface area contributed by atoms with Crippen LogP contribution in [0.4, 0.5) is 11.6 Å². The van der Waals surface area contributed by atoms with Crippen molar-refractivity contribution < 1.29 is 4.79 Å².